The number of hydrogen-bond acceptors (Lipinski definition) is 4. The number of nitrogens with zero attached hydrogens (tertiary/aromatic N) is 2. The number of aryl methyl sites for hydroxylation is 2. The van der Waals surface area contributed by atoms with E-state index in [0.29, 0.717) is 5.92 Å². The van der Waals surface area contributed by atoms with Gasteiger partial charge in [0.15, 0.2) is 0 Å². The Balaban J connectivity index is 1.20. The van der Waals surface area contributed by atoms with Crippen molar-refractivity contribution in [1.82, 2.24) is 10.2 Å². The molecule has 0 spiro atoms. The van der Waals surface area contributed by atoms with Crippen molar-refractivity contribution in [2.75, 3.05) is 44.7 Å². The van der Waals surface area contributed by atoms with Crippen LogP contribution in [0.4, 0.5) is 10.5 Å². The Hall–Kier alpha value is -2.89. The predicted molar refractivity (Wildman–Crippen MR) is 128 cm³/mol. The molecular formula is C26H35N3O3. The number of urea groups is 1. The molecule has 0 aliphatic carbocycles. The lowest BCUT2D eigenvalue weighted by atomic mass is 10.1. The Bertz CT molecular complexity index is 924. The number of methoxy groups -OCH3 is 1. The van der Waals surface area contributed by atoms with Crippen LogP contribution in [-0.2, 0) is 0 Å². The molecule has 0 bridgehead atoms. The highest BCUT2D eigenvalue weighted by molar-refractivity contribution is 5.74. The minimum Gasteiger partial charge on any atom is -0.497 e. The molecule has 2 fully saturated rings. The van der Waals surface area contributed by atoms with Crippen LogP contribution in [-0.4, -0.2) is 56.9 Å². The van der Waals surface area contributed by atoms with Gasteiger partial charge in [-0.3, -0.25) is 0 Å². The fourth-order valence-electron chi connectivity index (χ4n) is 4.57. The van der Waals surface area contributed by atoms with Crippen molar-refractivity contribution in [2.45, 2.75) is 39.2 Å². The van der Waals surface area contributed by atoms with Crippen molar-refractivity contribution in [1.29, 1.82) is 0 Å². The van der Waals surface area contributed by atoms with Crippen LogP contribution in [0.1, 0.15) is 30.4 Å². The third-order valence-corrected chi connectivity index (χ3v) is 6.61. The van der Waals surface area contributed by atoms with E-state index in [2.05, 4.69) is 54.4 Å². The number of carbonyl (C=O) groups is 1. The first kappa shape index (κ1) is 22.3. The minimum absolute atomic E-state index is 0.0509. The molecule has 1 atom stereocenters. The molecule has 172 valence electrons. The normalized spacial score (nSPS) is 19.2. The Labute approximate surface area is 191 Å². The zero-order valence-corrected chi connectivity index (χ0v) is 19.5. The zero-order valence-electron chi connectivity index (χ0n) is 19.5. The van der Waals surface area contributed by atoms with Gasteiger partial charge in [-0.2, -0.15) is 0 Å². The van der Waals surface area contributed by atoms with Crippen LogP contribution >= 0.6 is 0 Å². The fourth-order valence-corrected chi connectivity index (χ4v) is 4.57. The Morgan fingerprint density at radius 1 is 1.06 bits per heavy atom. The summed E-state index contributed by atoms with van der Waals surface area (Å²) in [6.45, 7) is 8.32. The van der Waals surface area contributed by atoms with Gasteiger partial charge >= 0.3 is 6.03 Å². The van der Waals surface area contributed by atoms with Crippen molar-refractivity contribution < 1.29 is 14.3 Å². The lowest BCUT2D eigenvalue weighted by Crippen LogP contribution is -2.47. The molecular weight excluding hydrogens is 402 g/mol. The van der Waals surface area contributed by atoms with Gasteiger partial charge in [0.25, 0.3) is 0 Å². The lowest BCUT2D eigenvalue weighted by Gasteiger charge is -2.32. The summed E-state index contributed by atoms with van der Waals surface area (Å²) < 4.78 is 11.6. The average Bonchev–Trinajstić information content (AvgIpc) is 3.29. The van der Waals surface area contributed by atoms with Crippen LogP contribution in [0.2, 0.25) is 0 Å². The highest BCUT2D eigenvalue weighted by Gasteiger charge is 2.27. The number of ether oxygens (including phenoxy) is 2. The number of rotatable bonds is 6. The molecule has 6 nitrogen and oxygen atoms in total. The highest BCUT2D eigenvalue weighted by atomic mass is 16.5. The van der Waals surface area contributed by atoms with Gasteiger partial charge in [-0.25, -0.2) is 4.79 Å². The summed E-state index contributed by atoms with van der Waals surface area (Å²) in [6, 6.07) is 14.5. The summed E-state index contributed by atoms with van der Waals surface area (Å²) in [5.41, 5.74) is 3.55. The van der Waals surface area contributed by atoms with Crippen LogP contribution in [0.25, 0.3) is 0 Å². The molecule has 32 heavy (non-hydrogen) atoms. The SMILES string of the molecule is COc1cccc(N2CCC(CNC(=O)N3CCC(Oc4cc(C)ccc4C)CC3)C2)c1. The quantitative estimate of drug-likeness (QED) is 0.728. The van der Waals surface area contributed by atoms with E-state index < -0.39 is 0 Å². The summed E-state index contributed by atoms with van der Waals surface area (Å²) in [7, 11) is 1.69. The topological polar surface area (TPSA) is 54.0 Å². The van der Waals surface area contributed by atoms with Crippen LogP contribution in [0.5, 0.6) is 11.5 Å². The molecule has 0 aromatic heterocycles. The smallest absolute Gasteiger partial charge is 0.317 e. The number of piperidine rings is 1. The number of amides is 2. The summed E-state index contributed by atoms with van der Waals surface area (Å²) >= 11 is 0. The lowest BCUT2D eigenvalue weighted by molar-refractivity contribution is 0.110. The summed E-state index contributed by atoms with van der Waals surface area (Å²) in [4.78, 5) is 17.0. The van der Waals surface area contributed by atoms with Crippen LogP contribution < -0.4 is 19.7 Å². The largest absolute Gasteiger partial charge is 0.497 e. The molecule has 2 aromatic carbocycles. The van der Waals surface area contributed by atoms with Gasteiger partial charge in [0.1, 0.15) is 17.6 Å². The van der Waals surface area contributed by atoms with E-state index in [1.54, 1.807) is 7.11 Å². The molecule has 2 aliphatic rings. The van der Waals surface area contributed by atoms with Crippen LogP contribution in [0.15, 0.2) is 42.5 Å². The van der Waals surface area contributed by atoms with Gasteiger partial charge in [0.05, 0.1) is 7.11 Å². The molecule has 1 N–H and O–H groups in total. The first-order valence-corrected chi connectivity index (χ1v) is 11.7. The molecule has 0 saturated carbocycles. The number of nitrogens with one attached hydrogen (secondary N) is 1. The maximum absolute atomic E-state index is 12.7. The third kappa shape index (κ3) is 5.47. The molecule has 4 rings (SSSR count). The first-order valence-electron chi connectivity index (χ1n) is 11.7. The van der Waals surface area contributed by atoms with Crippen molar-refractivity contribution in [3.05, 3.63) is 53.6 Å². The van der Waals surface area contributed by atoms with Gasteiger partial charge < -0.3 is 24.6 Å². The second kappa shape index (κ2) is 10.2. The first-order chi connectivity index (χ1) is 15.5. The number of carbonyl (C=O) groups excluding carboxylic acids is 1. The summed E-state index contributed by atoms with van der Waals surface area (Å²) in [6.07, 6.45) is 3.00. The molecule has 2 saturated heterocycles. The van der Waals surface area contributed by atoms with Crippen LogP contribution in [0.3, 0.4) is 0 Å². The molecule has 2 aliphatic heterocycles. The number of anilines is 1. The Kier molecular flexibility index (Phi) is 7.08. The summed E-state index contributed by atoms with van der Waals surface area (Å²) in [5, 5.41) is 3.16. The Morgan fingerprint density at radius 2 is 1.88 bits per heavy atom. The second-order valence-corrected chi connectivity index (χ2v) is 9.06. The van der Waals surface area contributed by atoms with Gasteiger partial charge in [0.2, 0.25) is 0 Å². The zero-order chi connectivity index (χ0) is 22.5. The maximum Gasteiger partial charge on any atom is 0.317 e. The number of benzene rings is 2. The van der Waals surface area contributed by atoms with Gasteiger partial charge in [-0.15, -0.1) is 0 Å². The van der Waals surface area contributed by atoms with E-state index in [-0.39, 0.29) is 12.1 Å². The number of likely N-dealkylation sites (tertiary alicyclic amines) is 1. The Morgan fingerprint density at radius 3 is 2.66 bits per heavy atom. The van der Waals surface area contributed by atoms with Gasteiger partial charge in [-0.05, 0) is 55.5 Å². The molecule has 2 amide bonds. The van der Waals surface area contributed by atoms with Crippen LogP contribution in [0, 0.1) is 19.8 Å². The molecule has 2 heterocycles. The minimum atomic E-state index is 0.0509. The van der Waals surface area contributed by atoms with E-state index in [1.807, 2.05) is 17.0 Å². The van der Waals surface area contributed by atoms with Gasteiger partial charge in [-0.1, -0.05) is 18.2 Å². The monoisotopic (exact) mass is 437 g/mol. The molecule has 1 unspecified atom stereocenters. The predicted octanol–water partition coefficient (Wildman–Crippen LogP) is 4.39. The standard InChI is InChI=1S/C26H35N3O3/c1-19-7-8-20(2)25(15-19)32-23-10-13-28(14-11-23)26(30)27-17-21-9-12-29(18-21)22-5-4-6-24(16-22)31-3/h4-8,15-16,21,23H,9-14,17-18H2,1-3H3,(H,27,30). The van der Waals surface area contributed by atoms with E-state index in [4.69, 9.17) is 9.47 Å². The number of hydrogen-bond donors (Lipinski definition) is 1. The van der Waals surface area contributed by atoms with E-state index >= 15 is 0 Å². The average molecular weight is 438 g/mol. The molecule has 0 radical (unpaired) electrons. The molecule has 6 heteroatoms. The van der Waals surface area contributed by atoms with Crippen molar-refractivity contribution in [3.8, 4) is 11.5 Å². The maximum atomic E-state index is 12.7. The van der Waals surface area contributed by atoms with Crippen molar-refractivity contribution in [3.63, 3.8) is 0 Å². The summed E-state index contributed by atoms with van der Waals surface area (Å²) in [5.74, 6) is 2.31. The van der Waals surface area contributed by atoms with Crippen molar-refractivity contribution in [2.24, 2.45) is 5.92 Å². The van der Waals surface area contributed by atoms with E-state index in [0.717, 1.165) is 69.0 Å². The van der Waals surface area contributed by atoms with E-state index in [1.165, 1.54) is 11.3 Å². The second-order valence-electron chi connectivity index (χ2n) is 9.06. The van der Waals surface area contributed by atoms with E-state index in [9.17, 15) is 4.79 Å². The molecule has 2 aromatic rings. The highest BCUT2D eigenvalue weighted by Crippen LogP contribution is 2.27. The van der Waals surface area contributed by atoms with Gasteiger partial charge in [0, 0.05) is 57.3 Å². The third-order valence-electron chi connectivity index (χ3n) is 6.61. The van der Waals surface area contributed by atoms with Crippen molar-refractivity contribution >= 4 is 11.7 Å². The fraction of sp³-hybridized carbons (Fsp3) is 0.500.